The number of amides is 1. The fourth-order valence-electron chi connectivity index (χ4n) is 2.52. The molecule has 3 rings (SSSR count). The van der Waals surface area contributed by atoms with E-state index in [9.17, 15) is 9.59 Å². The highest BCUT2D eigenvalue weighted by atomic mass is 16.2. The molecule has 1 amide bonds. The molecule has 122 valence electrons. The van der Waals surface area contributed by atoms with Crippen molar-refractivity contribution in [2.24, 2.45) is 0 Å². The third kappa shape index (κ3) is 3.35. The molecule has 0 unspecified atom stereocenters. The molecular weight excluding hydrogens is 302 g/mol. The largest absolute Gasteiger partial charge is 0.322 e. The summed E-state index contributed by atoms with van der Waals surface area (Å²) in [6.45, 7) is 2.16. The zero-order chi connectivity index (χ0) is 16.9. The molecule has 3 aromatic rings. The lowest BCUT2D eigenvalue weighted by atomic mass is 10.1. The third-order valence-corrected chi connectivity index (χ3v) is 3.89. The van der Waals surface area contributed by atoms with Crippen LogP contribution in [0.1, 0.15) is 35.7 Å². The van der Waals surface area contributed by atoms with Crippen LogP contribution in [0.15, 0.2) is 59.7 Å². The van der Waals surface area contributed by atoms with Gasteiger partial charge in [-0.05, 0) is 42.7 Å². The van der Waals surface area contributed by atoms with Crippen LogP contribution in [0, 0.1) is 0 Å². The Labute approximate surface area is 140 Å². The van der Waals surface area contributed by atoms with Crippen molar-refractivity contribution in [2.75, 3.05) is 5.32 Å². The Bertz CT molecular complexity index is 914. The van der Waals surface area contributed by atoms with Crippen LogP contribution in [0.3, 0.4) is 0 Å². The van der Waals surface area contributed by atoms with Crippen molar-refractivity contribution in [3.8, 4) is 0 Å². The van der Waals surface area contributed by atoms with Gasteiger partial charge in [0.15, 0.2) is 0 Å². The van der Waals surface area contributed by atoms with Crippen molar-refractivity contribution in [1.29, 1.82) is 0 Å². The van der Waals surface area contributed by atoms with Crippen LogP contribution in [0.25, 0.3) is 5.65 Å². The molecule has 0 bridgehead atoms. The normalized spacial score (nSPS) is 10.7. The van der Waals surface area contributed by atoms with Crippen molar-refractivity contribution in [3.05, 3.63) is 76.3 Å². The lowest BCUT2D eigenvalue weighted by Gasteiger charge is -2.07. The first-order valence-corrected chi connectivity index (χ1v) is 8.05. The number of carbonyl (C=O) groups is 1. The standard InChI is InChI=1S/C19H19N3O2/c1-2-3-6-14-8-10-15(11-9-14)21-18(23)16-13-20-17-7-4-5-12-22(17)19(16)24/h4-5,7-13H,2-3,6H2,1H3,(H,21,23). The van der Waals surface area contributed by atoms with E-state index in [4.69, 9.17) is 0 Å². The minimum absolute atomic E-state index is 0.0220. The predicted octanol–water partition coefficient (Wildman–Crippen LogP) is 3.29. The van der Waals surface area contributed by atoms with Crippen LogP contribution in [0.4, 0.5) is 5.69 Å². The van der Waals surface area contributed by atoms with Crippen LogP contribution < -0.4 is 10.9 Å². The van der Waals surface area contributed by atoms with E-state index in [-0.39, 0.29) is 11.1 Å². The van der Waals surface area contributed by atoms with Gasteiger partial charge >= 0.3 is 0 Å². The average molecular weight is 321 g/mol. The van der Waals surface area contributed by atoms with Gasteiger partial charge in [0, 0.05) is 18.1 Å². The smallest absolute Gasteiger partial charge is 0.270 e. The lowest BCUT2D eigenvalue weighted by Crippen LogP contribution is -2.26. The number of pyridine rings is 1. The molecule has 0 aliphatic heterocycles. The summed E-state index contributed by atoms with van der Waals surface area (Å²) in [7, 11) is 0. The molecule has 2 aromatic heterocycles. The highest BCUT2D eigenvalue weighted by molar-refractivity contribution is 6.03. The van der Waals surface area contributed by atoms with Gasteiger partial charge in [0.1, 0.15) is 11.2 Å². The summed E-state index contributed by atoms with van der Waals surface area (Å²) in [6, 6.07) is 12.9. The van der Waals surface area contributed by atoms with E-state index in [1.165, 1.54) is 16.2 Å². The Morgan fingerprint density at radius 2 is 1.96 bits per heavy atom. The van der Waals surface area contributed by atoms with Crippen molar-refractivity contribution < 1.29 is 4.79 Å². The van der Waals surface area contributed by atoms with Crippen molar-refractivity contribution in [3.63, 3.8) is 0 Å². The van der Waals surface area contributed by atoms with Crippen molar-refractivity contribution >= 4 is 17.2 Å². The average Bonchev–Trinajstić information content (AvgIpc) is 2.61. The number of unbranched alkanes of at least 4 members (excludes halogenated alkanes) is 1. The summed E-state index contributed by atoms with van der Waals surface area (Å²) in [5.74, 6) is -0.452. The van der Waals surface area contributed by atoms with E-state index >= 15 is 0 Å². The second-order valence-corrected chi connectivity index (χ2v) is 5.66. The number of hydrogen-bond acceptors (Lipinski definition) is 3. The van der Waals surface area contributed by atoms with Crippen LogP contribution in [0.5, 0.6) is 0 Å². The minimum atomic E-state index is -0.452. The molecule has 0 aliphatic carbocycles. The Kier molecular flexibility index (Phi) is 4.70. The molecule has 0 saturated heterocycles. The highest BCUT2D eigenvalue weighted by Crippen LogP contribution is 2.12. The first-order chi connectivity index (χ1) is 11.7. The second kappa shape index (κ2) is 7.08. The number of aryl methyl sites for hydroxylation is 1. The molecule has 2 heterocycles. The molecule has 0 atom stereocenters. The summed E-state index contributed by atoms with van der Waals surface area (Å²) >= 11 is 0. The van der Waals surface area contributed by atoms with E-state index < -0.39 is 5.91 Å². The van der Waals surface area contributed by atoms with Crippen molar-refractivity contribution in [2.45, 2.75) is 26.2 Å². The Morgan fingerprint density at radius 3 is 2.71 bits per heavy atom. The SMILES string of the molecule is CCCCc1ccc(NC(=O)c2cnc3ccccn3c2=O)cc1. The van der Waals surface area contributed by atoms with Crippen LogP contribution in [0.2, 0.25) is 0 Å². The monoisotopic (exact) mass is 321 g/mol. The van der Waals surface area contributed by atoms with E-state index in [2.05, 4.69) is 17.2 Å². The van der Waals surface area contributed by atoms with Gasteiger partial charge in [-0.1, -0.05) is 31.5 Å². The topological polar surface area (TPSA) is 63.5 Å². The number of fused-ring (bicyclic) bond motifs is 1. The summed E-state index contributed by atoms with van der Waals surface area (Å²) in [5.41, 5.74) is 2.06. The van der Waals surface area contributed by atoms with Gasteiger partial charge in [0.05, 0.1) is 0 Å². The molecule has 24 heavy (non-hydrogen) atoms. The number of nitrogens with zero attached hydrogens (tertiary/aromatic N) is 2. The molecule has 1 N–H and O–H groups in total. The van der Waals surface area contributed by atoms with E-state index in [0.717, 1.165) is 19.3 Å². The number of hydrogen-bond donors (Lipinski definition) is 1. The zero-order valence-corrected chi connectivity index (χ0v) is 13.5. The van der Waals surface area contributed by atoms with Gasteiger partial charge in [-0.15, -0.1) is 0 Å². The Hall–Kier alpha value is -2.95. The van der Waals surface area contributed by atoms with Crippen molar-refractivity contribution in [1.82, 2.24) is 9.38 Å². The van der Waals surface area contributed by atoms with E-state index in [1.807, 2.05) is 24.3 Å². The number of benzene rings is 1. The van der Waals surface area contributed by atoms with Crippen LogP contribution >= 0.6 is 0 Å². The molecule has 0 radical (unpaired) electrons. The Balaban J connectivity index is 1.80. The maximum atomic E-state index is 12.4. The number of rotatable bonds is 5. The minimum Gasteiger partial charge on any atom is -0.322 e. The third-order valence-electron chi connectivity index (χ3n) is 3.89. The fourth-order valence-corrected chi connectivity index (χ4v) is 2.52. The second-order valence-electron chi connectivity index (χ2n) is 5.66. The predicted molar refractivity (Wildman–Crippen MR) is 94.5 cm³/mol. The number of aromatic nitrogens is 2. The van der Waals surface area contributed by atoms with Gasteiger partial charge < -0.3 is 5.32 Å². The first kappa shape index (κ1) is 15.9. The van der Waals surface area contributed by atoms with E-state index in [0.29, 0.717) is 11.3 Å². The zero-order valence-electron chi connectivity index (χ0n) is 13.5. The molecule has 5 heteroatoms. The summed E-state index contributed by atoms with van der Waals surface area (Å²) in [6.07, 6.45) is 6.25. The summed E-state index contributed by atoms with van der Waals surface area (Å²) in [5, 5.41) is 2.75. The van der Waals surface area contributed by atoms with Gasteiger partial charge in [0.25, 0.3) is 11.5 Å². The quantitative estimate of drug-likeness (QED) is 0.784. The van der Waals surface area contributed by atoms with Crippen LogP contribution in [-0.2, 0) is 6.42 Å². The molecule has 0 aliphatic rings. The fraction of sp³-hybridized carbons (Fsp3) is 0.211. The van der Waals surface area contributed by atoms with Gasteiger partial charge in [0.2, 0.25) is 0 Å². The molecule has 5 nitrogen and oxygen atoms in total. The molecule has 0 spiro atoms. The molecular formula is C19H19N3O2. The first-order valence-electron chi connectivity index (χ1n) is 8.05. The number of carbonyl (C=O) groups excluding carboxylic acids is 1. The van der Waals surface area contributed by atoms with Crippen LogP contribution in [-0.4, -0.2) is 15.3 Å². The maximum Gasteiger partial charge on any atom is 0.270 e. The summed E-state index contributed by atoms with van der Waals surface area (Å²) < 4.78 is 1.36. The Morgan fingerprint density at radius 1 is 1.17 bits per heavy atom. The highest BCUT2D eigenvalue weighted by Gasteiger charge is 2.13. The number of nitrogens with one attached hydrogen (secondary N) is 1. The summed E-state index contributed by atoms with van der Waals surface area (Å²) in [4.78, 5) is 28.9. The van der Waals surface area contributed by atoms with E-state index in [1.54, 1.807) is 24.4 Å². The van der Waals surface area contributed by atoms with Gasteiger partial charge in [-0.3, -0.25) is 14.0 Å². The lowest BCUT2D eigenvalue weighted by molar-refractivity contribution is 0.102. The molecule has 0 saturated carbocycles. The van der Waals surface area contributed by atoms with Gasteiger partial charge in [-0.2, -0.15) is 0 Å². The molecule has 1 aromatic carbocycles. The number of anilines is 1. The maximum absolute atomic E-state index is 12.4. The van der Waals surface area contributed by atoms with Gasteiger partial charge in [-0.25, -0.2) is 4.98 Å². The molecule has 0 fully saturated rings.